The molecule has 0 unspecified atom stereocenters. The van der Waals surface area contributed by atoms with Gasteiger partial charge in [-0.3, -0.25) is 4.79 Å². The first-order valence-electron chi connectivity index (χ1n) is 3.68. The molecule has 8 heteroatoms. The lowest BCUT2D eigenvalue weighted by Gasteiger charge is -2.11. The highest BCUT2D eigenvalue weighted by molar-refractivity contribution is 9.09. The molecule has 2 nitrogen and oxygen atoms in total. The van der Waals surface area contributed by atoms with Crippen molar-refractivity contribution in [2.75, 3.05) is 5.33 Å². The van der Waals surface area contributed by atoms with Gasteiger partial charge in [0.2, 0.25) is 0 Å². The number of esters is 1. The van der Waals surface area contributed by atoms with Crippen molar-refractivity contribution in [2.45, 2.75) is 0 Å². The van der Waals surface area contributed by atoms with Crippen LogP contribution in [0.5, 0.6) is 5.75 Å². The van der Waals surface area contributed by atoms with E-state index in [-0.39, 0.29) is 36.2 Å². The van der Waals surface area contributed by atoms with E-state index in [4.69, 9.17) is 62.7 Å². The first kappa shape index (κ1) is 14.7. The molecule has 0 saturated carbocycles. The Bertz CT molecular complexity index is 420. The van der Waals surface area contributed by atoms with Gasteiger partial charge in [-0.15, -0.1) is 0 Å². The lowest BCUT2D eigenvalue weighted by molar-refractivity contribution is -0.131. The molecule has 0 fully saturated rings. The quantitative estimate of drug-likeness (QED) is 0.228. The van der Waals surface area contributed by atoms with Crippen LogP contribution in [-0.2, 0) is 4.79 Å². The highest BCUT2D eigenvalue weighted by Crippen LogP contribution is 2.48. The van der Waals surface area contributed by atoms with E-state index >= 15 is 0 Å². The van der Waals surface area contributed by atoms with Gasteiger partial charge >= 0.3 is 5.97 Å². The molecule has 0 aliphatic heterocycles. The van der Waals surface area contributed by atoms with Gasteiger partial charge < -0.3 is 4.74 Å². The van der Waals surface area contributed by atoms with Gasteiger partial charge in [-0.05, 0) is 0 Å². The number of carbonyl (C=O) groups excluding carboxylic acids is 1. The number of rotatable bonds is 2. The van der Waals surface area contributed by atoms with Crippen LogP contribution in [0.2, 0.25) is 25.1 Å². The van der Waals surface area contributed by atoms with Gasteiger partial charge in [0.05, 0.1) is 15.1 Å². The summed E-state index contributed by atoms with van der Waals surface area (Å²) in [6.07, 6.45) is 0. The van der Waals surface area contributed by atoms with Gasteiger partial charge in [0.25, 0.3) is 0 Å². The maximum absolute atomic E-state index is 11.1. The maximum atomic E-state index is 11.1. The van der Waals surface area contributed by atoms with E-state index in [2.05, 4.69) is 15.9 Å². The second-order valence-electron chi connectivity index (χ2n) is 2.51. The van der Waals surface area contributed by atoms with Gasteiger partial charge in [-0.1, -0.05) is 73.9 Å². The Hall–Kier alpha value is 0.620. The molecule has 0 aliphatic carbocycles. The molecular formula is C8H2BrCl5O2. The molecule has 0 amide bonds. The largest absolute Gasteiger partial charge is 0.423 e. The van der Waals surface area contributed by atoms with Crippen LogP contribution in [0.1, 0.15) is 0 Å². The zero-order valence-electron chi connectivity index (χ0n) is 7.29. The van der Waals surface area contributed by atoms with Crippen molar-refractivity contribution in [1.29, 1.82) is 0 Å². The number of hydrogen-bond acceptors (Lipinski definition) is 2. The highest BCUT2D eigenvalue weighted by atomic mass is 79.9. The first-order chi connectivity index (χ1) is 7.40. The van der Waals surface area contributed by atoms with Crippen molar-refractivity contribution in [3.8, 4) is 5.75 Å². The number of alkyl halides is 1. The molecule has 1 rings (SSSR count). The summed E-state index contributed by atoms with van der Waals surface area (Å²) in [5.74, 6) is -0.689. The topological polar surface area (TPSA) is 26.3 Å². The fourth-order valence-corrected chi connectivity index (χ4v) is 2.13. The minimum absolute atomic E-state index is 0.0111. The number of ether oxygens (including phenoxy) is 1. The van der Waals surface area contributed by atoms with Crippen molar-refractivity contribution in [3.05, 3.63) is 25.1 Å². The van der Waals surface area contributed by atoms with Crippen molar-refractivity contribution in [2.24, 2.45) is 0 Å². The van der Waals surface area contributed by atoms with Crippen LogP contribution in [-0.4, -0.2) is 11.3 Å². The fourth-order valence-electron chi connectivity index (χ4n) is 0.815. The number of hydrogen-bond donors (Lipinski definition) is 0. The molecule has 0 aliphatic rings. The molecule has 88 valence electrons. The van der Waals surface area contributed by atoms with E-state index in [9.17, 15) is 4.79 Å². The Morgan fingerprint density at radius 2 is 1.31 bits per heavy atom. The third-order valence-electron chi connectivity index (χ3n) is 1.49. The predicted molar refractivity (Wildman–Crippen MR) is 70.9 cm³/mol. The Morgan fingerprint density at radius 1 is 0.938 bits per heavy atom. The van der Waals surface area contributed by atoms with E-state index in [0.717, 1.165) is 0 Å². The van der Waals surface area contributed by atoms with Crippen molar-refractivity contribution in [3.63, 3.8) is 0 Å². The Balaban J connectivity index is 3.34. The molecule has 1 aromatic carbocycles. The molecule has 0 radical (unpaired) electrons. The van der Waals surface area contributed by atoms with Gasteiger partial charge in [0.1, 0.15) is 15.4 Å². The summed E-state index contributed by atoms with van der Waals surface area (Å²) in [4.78, 5) is 11.1. The second kappa shape index (κ2) is 5.98. The standard InChI is InChI=1S/C8H2BrCl5O2/c9-1-2(15)16-8-6(13)4(11)3(10)5(12)7(8)14/h1H2. The van der Waals surface area contributed by atoms with Crippen LogP contribution in [0.25, 0.3) is 0 Å². The number of benzene rings is 1. The Morgan fingerprint density at radius 3 is 1.69 bits per heavy atom. The monoisotopic (exact) mass is 384 g/mol. The molecule has 0 atom stereocenters. The Labute approximate surface area is 125 Å². The average molecular weight is 387 g/mol. The normalized spacial score (nSPS) is 10.4. The van der Waals surface area contributed by atoms with E-state index in [0.29, 0.717) is 0 Å². The lowest BCUT2D eigenvalue weighted by atomic mass is 10.3. The molecule has 0 saturated heterocycles. The van der Waals surface area contributed by atoms with E-state index in [1.54, 1.807) is 0 Å². The van der Waals surface area contributed by atoms with Gasteiger partial charge in [-0.25, -0.2) is 0 Å². The van der Waals surface area contributed by atoms with Crippen molar-refractivity contribution >= 4 is 79.9 Å². The summed E-state index contributed by atoms with van der Waals surface area (Å²) < 4.78 is 4.86. The number of halogens is 6. The van der Waals surface area contributed by atoms with Crippen molar-refractivity contribution < 1.29 is 9.53 Å². The maximum Gasteiger partial charge on any atom is 0.322 e. The summed E-state index contributed by atoms with van der Waals surface area (Å²) >= 11 is 31.9. The predicted octanol–water partition coefficient (Wildman–Crippen LogP) is 5.25. The van der Waals surface area contributed by atoms with Crippen LogP contribution in [0.15, 0.2) is 0 Å². The van der Waals surface area contributed by atoms with Crippen LogP contribution in [0.4, 0.5) is 0 Å². The van der Waals surface area contributed by atoms with Crippen LogP contribution in [0, 0.1) is 0 Å². The smallest absolute Gasteiger partial charge is 0.322 e. The average Bonchev–Trinajstić information content (AvgIpc) is 2.29. The zero-order chi connectivity index (χ0) is 12.5. The molecular weight excluding hydrogens is 385 g/mol. The summed E-state index contributed by atoms with van der Waals surface area (Å²) in [5, 5.41) is -0.162. The molecule has 0 spiro atoms. The molecule has 0 bridgehead atoms. The Kier molecular flexibility index (Phi) is 5.49. The third kappa shape index (κ3) is 2.89. The van der Waals surface area contributed by atoms with Gasteiger partial charge in [0.15, 0.2) is 5.75 Å². The molecule has 16 heavy (non-hydrogen) atoms. The minimum atomic E-state index is -0.585. The minimum Gasteiger partial charge on any atom is -0.423 e. The van der Waals surface area contributed by atoms with E-state index in [1.165, 1.54) is 0 Å². The molecule has 1 aromatic rings. The molecule has 0 aromatic heterocycles. The third-order valence-corrected chi connectivity index (χ3v) is 4.19. The summed E-state index contributed by atoms with van der Waals surface area (Å²) in [6.45, 7) is 0. The summed E-state index contributed by atoms with van der Waals surface area (Å²) in [5.41, 5.74) is 0. The summed E-state index contributed by atoms with van der Waals surface area (Å²) in [7, 11) is 0. The fraction of sp³-hybridized carbons (Fsp3) is 0.125. The SMILES string of the molecule is O=C(CBr)Oc1c(Cl)c(Cl)c(Cl)c(Cl)c1Cl. The summed E-state index contributed by atoms with van der Waals surface area (Å²) in [6, 6.07) is 0. The zero-order valence-corrected chi connectivity index (χ0v) is 12.7. The lowest BCUT2D eigenvalue weighted by Crippen LogP contribution is -2.09. The van der Waals surface area contributed by atoms with Crippen LogP contribution in [0.3, 0.4) is 0 Å². The van der Waals surface area contributed by atoms with Gasteiger partial charge in [-0.2, -0.15) is 0 Å². The molecule has 0 heterocycles. The van der Waals surface area contributed by atoms with Crippen molar-refractivity contribution in [1.82, 2.24) is 0 Å². The van der Waals surface area contributed by atoms with E-state index < -0.39 is 5.97 Å². The second-order valence-corrected chi connectivity index (χ2v) is 4.96. The highest BCUT2D eigenvalue weighted by Gasteiger charge is 2.22. The molecule has 0 N–H and O–H groups in total. The first-order valence-corrected chi connectivity index (χ1v) is 6.69. The van der Waals surface area contributed by atoms with Gasteiger partial charge in [0, 0.05) is 0 Å². The van der Waals surface area contributed by atoms with E-state index in [1.807, 2.05) is 0 Å². The van der Waals surface area contributed by atoms with Crippen LogP contribution < -0.4 is 4.74 Å². The number of carbonyl (C=O) groups is 1. The van der Waals surface area contributed by atoms with Crippen LogP contribution >= 0.6 is 73.9 Å².